The minimum Gasteiger partial charge on any atom is -0.484 e. The average Bonchev–Trinajstić information content (AvgIpc) is 2.77. The van der Waals surface area contributed by atoms with Gasteiger partial charge in [-0.15, -0.1) is 24.0 Å². The van der Waals surface area contributed by atoms with Crippen molar-refractivity contribution in [2.45, 2.75) is 32.0 Å². The Morgan fingerprint density at radius 3 is 2.28 bits per heavy atom. The number of nitrogens with zero attached hydrogens (tertiary/aromatic N) is 1. The first-order valence-electron chi connectivity index (χ1n) is 10.3. The fraction of sp³-hybridized carbons (Fsp3) is 0.435. The second-order valence-electron chi connectivity index (χ2n) is 6.96. The standard InChI is InChI=1S/C23H30F3N3O2.HI/c1-27-22(28-14-5-6-15-30-16-13-19-7-3-2-4-8-19)29-17-20-9-11-21(12-10-20)31-18-23(24,25)26;/h2-4,7-12H,5-6,13-18H2,1H3,(H2,27,28,29);1H. The van der Waals surface area contributed by atoms with E-state index >= 15 is 0 Å². The minimum atomic E-state index is -4.34. The number of hydrogen-bond acceptors (Lipinski definition) is 3. The molecule has 0 bridgehead atoms. The molecule has 9 heteroatoms. The predicted octanol–water partition coefficient (Wildman–Crippen LogP) is 4.95. The van der Waals surface area contributed by atoms with E-state index in [1.807, 2.05) is 18.2 Å². The van der Waals surface area contributed by atoms with Crippen molar-refractivity contribution in [3.05, 3.63) is 65.7 Å². The van der Waals surface area contributed by atoms with E-state index in [0.717, 1.165) is 44.6 Å². The molecule has 0 radical (unpaired) electrons. The number of aliphatic imine (C=N–C) groups is 1. The van der Waals surface area contributed by atoms with Crippen molar-refractivity contribution >= 4 is 29.9 Å². The lowest BCUT2D eigenvalue weighted by molar-refractivity contribution is -0.153. The number of benzene rings is 2. The number of ether oxygens (including phenoxy) is 2. The highest BCUT2D eigenvalue weighted by Gasteiger charge is 2.28. The van der Waals surface area contributed by atoms with Gasteiger partial charge in [0.15, 0.2) is 12.6 Å². The second kappa shape index (κ2) is 15.7. The Morgan fingerprint density at radius 1 is 0.906 bits per heavy atom. The number of guanidine groups is 1. The summed E-state index contributed by atoms with van der Waals surface area (Å²) in [5, 5.41) is 6.42. The SMILES string of the molecule is CN=C(NCCCCOCCc1ccccc1)NCc1ccc(OCC(F)(F)F)cc1.I. The van der Waals surface area contributed by atoms with Crippen LogP contribution in [0.1, 0.15) is 24.0 Å². The molecule has 0 heterocycles. The molecule has 0 aromatic heterocycles. The van der Waals surface area contributed by atoms with Crippen molar-refractivity contribution in [2.75, 3.05) is 33.4 Å². The zero-order valence-corrected chi connectivity index (χ0v) is 20.5. The molecule has 0 saturated carbocycles. The van der Waals surface area contributed by atoms with Crippen LogP contribution in [0.3, 0.4) is 0 Å². The van der Waals surface area contributed by atoms with Crippen molar-refractivity contribution in [2.24, 2.45) is 4.99 Å². The molecule has 0 atom stereocenters. The summed E-state index contributed by atoms with van der Waals surface area (Å²) in [7, 11) is 1.69. The maximum atomic E-state index is 12.2. The van der Waals surface area contributed by atoms with Crippen molar-refractivity contribution in [1.82, 2.24) is 10.6 Å². The number of hydrogen-bond donors (Lipinski definition) is 2. The largest absolute Gasteiger partial charge is 0.484 e. The predicted molar refractivity (Wildman–Crippen MR) is 132 cm³/mol. The number of halogens is 4. The van der Waals surface area contributed by atoms with Crippen LogP contribution in [0.25, 0.3) is 0 Å². The molecule has 2 aromatic rings. The second-order valence-corrected chi connectivity index (χ2v) is 6.96. The molecule has 5 nitrogen and oxygen atoms in total. The zero-order chi connectivity index (χ0) is 22.4. The van der Waals surface area contributed by atoms with Gasteiger partial charge in [-0.2, -0.15) is 13.2 Å². The van der Waals surface area contributed by atoms with Crippen molar-refractivity contribution in [3.8, 4) is 5.75 Å². The van der Waals surface area contributed by atoms with Gasteiger partial charge in [-0.1, -0.05) is 42.5 Å². The van der Waals surface area contributed by atoms with Crippen LogP contribution in [0, 0.1) is 0 Å². The summed E-state index contributed by atoms with van der Waals surface area (Å²) in [6.07, 6.45) is -1.51. The van der Waals surface area contributed by atoms with Gasteiger partial charge in [0.2, 0.25) is 0 Å². The summed E-state index contributed by atoms with van der Waals surface area (Å²) in [6.45, 7) is 1.43. The highest BCUT2D eigenvalue weighted by Crippen LogP contribution is 2.18. The third kappa shape index (κ3) is 12.7. The first-order valence-corrected chi connectivity index (χ1v) is 10.3. The lowest BCUT2D eigenvalue weighted by atomic mass is 10.2. The summed E-state index contributed by atoms with van der Waals surface area (Å²) in [5.74, 6) is 0.858. The third-order valence-corrected chi connectivity index (χ3v) is 4.40. The number of alkyl halides is 3. The molecule has 178 valence electrons. The quantitative estimate of drug-likeness (QED) is 0.166. The van der Waals surface area contributed by atoms with Gasteiger partial charge in [-0.05, 0) is 42.5 Å². The van der Waals surface area contributed by atoms with Gasteiger partial charge in [0.1, 0.15) is 5.75 Å². The molecule has 2 aromatic carbocycles. The zero-order valence-electron chi connectivity index (χ0n) is 18.2. The highest BCUT2D eigenvalue weighted by atomic mass is 127. The number of nitrogens with one attached hydrogen (secondary N) is 2. The summed E-state index contributed by atoms with van der Waals surface area (Å²) in [4.78, 5) is 4.17. The van der Waals surface area contributed by atoms with Gasteiger partial charge in [-0.25, -0.2) is 0 Å². The molecule has 0 unspecified atom stereocenters. The lowest BCUT2D eigenvalue weighted by Gasteiger charge is -2.13. The van der Waals surface area contributed by atoms with Crippen LogP contribution in [0.2, 0.25) is 0 Å². The van der Waals surface area contributed by atoms with Crippen LogP contribution in [-0.4, -0.2) is 45.5 Å². The van der Waals surface area contributed by atoms with Gasteiger partial charge in [0, 0.05) is 26.7 Å². The maximum absolute atomic E-state index is 12.2. The van der Waals surface area contributed by atoms with E-state index in [0.29, 0.717) is 12.5 Å². The van der Waals surface area contributed by atoms with Gasteiger partial charge in [-0.3, -0.25) is 4.99 Å². The highest BCUT2D eigenvalue weighted by molar-refractivity contribution is 14.0. The molecular formula is C23H31F3IN3O2. The van der Waals surface area contributed by atoms with Gasteiger partial charge >= 0.3 is 6.18 Å². The smallest absolute Gasteiger partial charge is 0.422 e. The first-order chi connectivity index (χ1) is 15.0. The summed E-state index contributed by atoms with van der Waals surface area (Å²) in [5.41, 5.74) is 2.19. The number of unbranched alkanes of at least 4 members (excludes halogenated alkanes) is 1. The van der Waals surface area contributed by atoms with E-state index in [1.165, 1.54) is 17.7 Å². The molecule has 0 aliphatic heterocycles. The number of rotatable bonds is 12. The average molecular weight is 565 g/mol. The van der Waals surface area contributed by atoms with Crippen LogP contribution in [0.15, 0.2) is 59.6 Å². The van der Waals surface area contributed by atoms with Crippen LogP contribution in [-0.2, 0) is 17.7 Å². The molecular weight excluding hydrogens is 534 g/mol. The summed E-state index contributed by atoms with van der Waals surface area (Å²) < 4.78 is 46.9. The van der Waals surface area contributed by atoms with Gasteiger partial charge in [0.05, 0.1) is 6.61 Å². The Hall–Kier alpha value is -2.01. The maximum Gasteiger partial charge on any atom is 0.422 e. The van der Waals surface area contributed by atoms with E-state index in [2.05, 4.69) is 27.8 Å². The van der Waals surface area contributed by atoms with E-state index in [4.69, 9.17) is 9.47 Å². The molecule has 0 aliphatic rings. The fourth-order valence-corrected chi connectivity index (χ4v) is 2.75. The van der Waals surface area contributed by atoms with Crippen molar-refractivity contribution < 1.29 is 22.6 Å². The van der Waals surface area contributed by atoms with Crippen LogP contribution in [0.5, 0.6) is 5.75 Å². The lowest BCUT2D eigenvalue weighted by Crippen LogP contribution is -2.37. The molecule has 2 N–H and O–H groups in total. The van der Waals surface area contributed by atoms with E-state index < -0.39 is 12.8 Å². The fourth-order valence-electron chi connectivity index (χ4n) is 2.75. The van der Waals surface area contributed by atoms with Crippen LogP contribution < -0.4 is 15.4 Å². The van der Waals surface area contributed by atoms with Gasteiger partial charge < -0.3 is 20.1 Å². The Balaban J connectivity index is 0.00000512. The van der Waals surface area contributed by atoms with E-state index in [9.17, 15) is 13.2 Å². The summed E-state index contributed by atoms with van der Waals surface area (Å²) >= 11 is 0. The van der Waals surface area contributed by atoms with E-state index in [1.54, 1.807) is 19.2 Å². The van der Waals surface area contributed by atoms with Crippen LogP contribution >= 0.6 is 24.0 Å². The molecule has 2 rings (SSSR count). The molecule has 0 amide bonds. The topological polar surface area (TPSA) is 54.9 Å². The van der Waals surface area contributed by atoms with E-state index in [-0.39, 0.29) is 29.7 Å². The first kappa shape index (κ1) is 28.0. The van der Waals surface area contributed by atoms with Gasteiger partial charge in [0.25, 0.3) is 0 Å². The normalized spacial score (nSPS) is 11.6. The Morgan fingerprint density at radius 2 is 1.62 bits per heavy atom. The molecule has 0 saturated heterocycles. The molecule has 0 aliphatic carbocycles. The monoisotopic (exact) mass is 565 g/mol. The molecule has 0 fully saturated rings. The Labute approximate surface area is 204 Å². The Bertz CT molecular complexity index is 772. The summed E-state index contributed by atoms with van der Waals surface area (Å²) in [6, 6.07) is 16.8. The minimum absolute atomic E-state index is 0. The molecule has 0 spiro atoms. The third-order valence-electron chi connectivity index (χ3n) is 4.40. The van der Waals surface area contributed by atoms with Crippen molar-refractivity contribution in [1.29, 1.82) is 0 Å². The van der Waals surface area contributed by atoms with Crippen LogP contribution in [0.4, 0.5) is 13.2 Å². The van der Waals surface area contributed by atoms with Crippen molar-refractivity contribution in [3.63, 3.8) is 0 Å². The molecule has 32 heavy (non-hydrogen) atoms. The Kier molecular flexibility index (Phi) is 13.8.